The van der Waals surface area contributed by atoms with Gasteiger partial charge in [-0.1, -0.05) is 24.3 Å². The van der Waals surface area contributed by atoms with Gasteiger partial charge in [-0.15, -0.1) is 11.3 Å². The number of H-pyrrole nitrogens is 1. The molecule has 3 rings (SSSR count). The average molecular weight is 241 g/mol. The fraction of sp³-hybridized carbons (Fsp3) is 0.0769. The molecule has 0 fully saturated rings. The zero-order chi connectivity index (χ0) is 11.5. The second kappa shape index (κ2) is 4.51. The molecule has 17 heavy (non-hydrogen) atoms. The Kier molecular flexibility index (Phi) is 2.71. The van der Waals surface area contributed by atoms with Crippen molar-refractivity contribution in [1.82, 2.24) is 15.0 Å². The van der Waals surface area contributed by atoms with E-state index in [-0.39, 0.29) is 0 Å². The van der Waals surface area contributed by atoms with E-state index in [1.807, 2.05) is 23.8 Å². The second-order valence-electron chi connectivity index (χ2n) is 3.70. The minimum atomic E-state index is 0.856. The lowest BCUT2D eigenvalue weighted by molar-refractivity contribution is 1.13. The first-order valence-electron chi connectivity index (χ1n) is 5.39. The van der Waals surface area contributed by atoms with Crippen molar-refractivity contribution in [2.24, 2.45) is 0 Å². The second-order valence-corrected chi connectivity index (χ2v) is 4.68. The van der Waals surface area contributed by atoms with E-state index >= 15 is 0 Å². The van der Waals surface area contributed by atoms with Crippen molar-refractivity contribution < 1.29 is 0 Å². The van der Waals surface area contributed by atoms with Crippen LogP contribution in [0.3, 0.4) is 0 Å². The maximum atomic E-state index is 4.32. The fourth-order valence-electron chi connectivity index (χ4n) is 1.82. The van der Waals surface area contributed by atoms with Gasteiger partial charge in [-0.05, 0) is 5.56 Å². The number of hydrogen-bond acceptors (Lipinski definition) is 3. The molecule has 0 atom stereocenters. The van der Waals surface area contributed by atoms with Crippen LogP contribution in [0.2, 0.25) is 0 Å². The molecule has 0 saturated heterocycles. The Labute approximate surface area is 103 Å². The van der Waals surface area contributed by atoms with E-state index in [4.69, 9.17) is 0 Å². The number of benzene rings is 1. The highest BCUT2D eigenvalue weighted by atomic mass is 32.1. The van der Waals surface area contributed by atoms with Crippen molar-refractivity contribution in [1.29, 1.82) is 0 Å². The molecule has 2 aromatic heterocycles. The number of nitrogens with zero attached hydrogens (tertiary/aromatic N) is 2. The highest BCUT2D eigenvalue weighted by Crippen LogP contribution is 2.23. The minimum absolute atomic E-state index is 0.856. The Balaban J connectivity index is 1.99. The third kappa shape index (κ3) is 2.12. The van der Waals surface area contributed by atoms with Gasteiger partial charge in [0.1, 0.15) is 5.82 Å². The van der Waals surface area contributed by atoms with E-state index in [0.29, 0.717) is 0 Å². The Bertz CT molecular complexity index is 585. The number of nitrogens with one attached hydrogen (secondary N) is 1. The van der Waals surface area contributed by atoms with Gasteiger partial charge in [0.15, 0.2) is 0 Å². The van der Waals surface area contributed by atoms with Crippen LogP contribution in [0, 0.1) is 0 Å². The van der Waals surface area contributed by atoms with Gasteiger partial charge in [0.05, 0.1) is 5.01 Å². The zero-order valence-corrected chi connectivity index (χ0v) is 9.95. The highest BCUT2D eigenvalue weighted by molar-refractivity contribution is 7.09. The lowest BCUT2D eigenvalue weighted by atomic mass is 10.0. The SMILES string of the molecule is c1ccc(-c2ncc[nH]2)c(Cc2nccs2)c1. The fourth-order valence-corrected chi connectivity index (χ4v) is 2.46. The van der Waals surface area contributed by atoms with Gasteiger partial charge in [-0.2, -0.15) is 0 Å². The summed E-state index contributed by atoms with van der Waals surface area (Å²) < 4.78 is 0. The van der Waals surface area contributed by atoms with Gasteiger partial charge >= 0.3 is 0 Å². The van der Waals surface area contributed by atoms with Crippen molar-refractivity contribution in [3.8, 4) is 11.4 Å². The number of thiazole rings is 1. The molecule has 0 radical (unpaired) electrons. The molecular weight excluding hydrogens is 230 g/mol. The van der Waals surface area contributed by atoms with E-state index in [9.17, 15) is 0 Å². The molecule has 4 heteroatoms. The van der Waals surface area contributed by atoms with Crippen LogP contribution in [0.15, 0.2) is 48.2 Å². The Morgan fingerprint density at radius 3 is 2.82 bits per heavy atom. The minimum Gasteiger partial charge on any atom is -0.345 e. The molecule has 0 bridgehead atoms. The number of aromatic amines is 1. The summed E-state index contributed by atoms with van der Waals surface area (Å²) in [6, 6.07) is 8.29. The van der Waals surface area contributed by atoms with Crippen molar-refractivity contribution in [3.63, 3.8) is 0 Å². The molecule has 3 nitrogen and oxygen atoms in total. The molecule has 0 saturated carbocycles. The van der Waals surface area contributed by atoms with Crippen LogP contribution in [-0.4, -0.2) is 15.0 Å². The van der Waals surface area contributed by atoms with Crippen LogP contribution in [0.1, 0.15) is 10.6 Å². The predicted octanol–water partition coefficient (Wildman–Crippen LogP) is 3.12. The highest BCUT2D eigenvalue weighted by Gasteiger charge is 2.07. The number of hydrogen-bond donors (Lipinski definition) is 1. The molecule has 0 aliphatic rings. The zero-order valence-electron chi connectivity index (χ0n) is 9.13. The molecule has 84 valence electrons. The largest absolute Gasteiger partial charge is 0.345 e. The Morgan fingerprint density at radius 2 is 2.06 bits per heavy atom. The normalized spacial score (nSPS) is 10.6. The van der Waals surface area contributed by atoms with Gasteiger partial charge in [0.25, 0.3) is 0 Å². The molecular formula is C13H11N3S. The first-order valence-corrected chi connectivity index (χ1v) is 6.27. The number of rotatable bonds is 3. The Hall–Kier alpha value is -1.94. The summed E-state index contributed by atoms with van der Waals surface area (Å²) in [6.45, 7) is 0. The summed E-state index contributed by atoms with van der Waals surface area (Å²) in [5.74, 6) is 0.914. The molecule has 1 aromatic carbocycles. The topological polar surface area (TPSA) is 41.6 Å². The van der Waals surface area contributed by atoms with Crippen LogP contribution >= 0.6 is 11.3 Å². The van der Waals surface area contributed by atoms with E-state index in [1.54, 1.807) is 17.5 Å². The first-order chi connectivity index (χ1) is 8.43. The lowest BCUT2D eigenvalue weighted by Gasteiger charge is -2.05. The van der Waals surface area contributed by atoms with Gasteiger partial charge in [0, 0.05) is 36.0 Å². The van der Waals surface area contributed by atoms with Crippen LogP contribution in [0.5, 0.6) is 0 Å². The average Bonchev–Trinajstić information content (AvgIpc) is 3.01. The van der Waals surface area contributed by atoms with Crippen molar-refractivity contribution >= 4 is 11.3 Å². The van der Waals surface area contributed by atoms with Crippen LogP contribution in [-0.2, 0) is 6.42 Å². The van der Waals surface area contributed by atoms with Crippen molar-refractivity contribution in [2.75, 3.05) is 0 Å². The number of imidazole rings is 1. The third-order valence-corrected chi connectivity index (χ3v) is 3.38. The van der Waals surface area contributed by atoms with Crippen LogP contribution in [0.25, 0.3) is 11.4 Å². The monoisotopic (exact) mass is 241 g/mol. The summed E-state index contributed by atoms with van der Waals surface area (Å²) in [6.07, 6.45) is 6.31. The molecule has 2 heterocycles. The van der Waals surface area contributed by atoms with Gasteiger partial charge in [0.2, 0.25) is 0 Å². The number of aromatic nitrogens is 3. The standard InChI is InChI=1S/C13H11N3S/c1-2-4-11(13-15-5-6-16-13)10(3-1)9-12-14-7-8-17-12/h1-8H,9H2,(H,15,16). The molecule has 0 amide bonds. The van der Waals surface area contributed by atoms with Crippen LogP contribution in [0.4, 0.5) is 0 Å². The van der Waals surface area contributed by atoms with Gasteiger partial charge in [-0.3, -0.25) is 0 Å². The van der Waals surface area contributed by atoms with Crippen LogP contribution < -0.4 is 0 Å². The third-order valence-electron chi connectivity index (χ3n) is 2.60. The molecule has 3 aromatic rings. The molecule has 0 unspecified atom stereocenters. The van der Waals surface area contributed by atoms with E-state index in [1.165, 1.54) is 5.56 Å². The van der Waals surface area contributed by atoms with E-state index in [0.717, 1.165) is 22.8 Å². The van der Waals surface area contributed by atoms with Gasteiger partial charge in [-0.25, -0.2) is 9.97 Å². The maximum absolute atomic E-state index is 4.32. The first kappa shape index (κ1) is 10.2. The maximum Gasteiger partial charge on any atom is 0.137 e. The summed E-state index contributed by atoms with van der Waals surface area (Å²) >= 11 is 1.68. The van der Waals surface area contributed by atoms with E-state index in [2.05, 4.69) is 33.2 Å². The predicted molar refractivity (Wildman–Crippen MR) is 68.9 cm³/mol. The quantitative estimate of drug-likeness (QED) is 0.765. The molecule has 0 spiro atoms. The molecule has 1 N–H and O–H groups in total. The summed E-state index contributed by atoms with van der Waals surface area (Å²) in [5.41, 5.74) is 2.39. The molecule has 0 aliphatic heterocycles. The van der Waals surface area contributed by atoms with Gasteiger partial charge < -0.3 is 4.98 Å². The smallest absolute Gasteiger partial charge is 0.137 e. The summed E-state index contributed by atoms with van der Waals surface area (Å²) in [5, 5.41) is 3.13. The molecule has 0 aliphatic carbocycles. The van der Waals surface area contributed by atoms with Crippen molar-refractivity contribution in [3.05, 3.63) is 58.8 Å². The Morgan fingerprint density at radius 1 is 1.12 bits per heavy atom. The van der Waals surface area contributed by atoms with Crippen molar-refractivity contribution in [2.45, 2.75) is 6.42 Å². The van der Waals surface area contributed by atoms with E-state index < -0.39 is 0 Å². The lowest BCUT2D eigenvalue weighted by Crippen LogP contribution is -1.92. The summed E-state index contributed by atoms with van der Waals surface area (Å²) in [4.78, 5) is 11.8. The summed E-state index contributed by atoms with van der Waals surface area (Å²) in [7, 11) is 0.